The molecule has 6 heteroatoms. The van der Waals surface area contributed by atoms with Crippen molar-refractivity contribution in [3.05, 3.63) is 64.3 Å². The van der Waals surface area contributed by atoms with Gasteiger partial charge in [-0.2, -0.15) is 0 Å². The fraction of sp³-hybridized carbons (Fsp3) is 0.318. The van der Waals surface area contributed by atoms with Crippen molar-refractivity contribution >= 4 is 32.8 Å². The maximum Gasteiger partial charge on any atom is 0.287 e. The number of piperidine rings is 1. The maximum absolute atomic E-state index is 12.6. The summed E-state index contributed by atoms with van der Waals surface area (Å²) < 4.78 is 12.1. The minimum absolute atomic E-state index is 0.143. The van der Waals surface area contributed by atoms with E-state index in [-0.39, 0.29) is 11.9 Å². The van der Waals surface area contributed by atoms with Gasteiger partial charge in [0.2, 0.25) is 0 Å². The number of amides is 1. The zero-order valence-corrected chi connectivity index (χ0v) is 17.4. The first-order chi connectivity index (χ1) is 13.6. The third-order valence-corrected chi connectivity index (χ3v) is 5.70. The molecule has 0 atom stereocenters. The van der Waals surface area contributed by atoms with Crippen LogP contribution in [0, 0.1) is 0 Å². The second-order valence-corrected chi connectivity index (χ2v) is 8.04. The molecule has 1 amide bonds. The number of hydrogen-bond acceptors (Lipinski definition) is 4. The molecule has 5 nitrogen and oxygen atoms in total. The molecule has 0 unspecified atom stereocenters. The molecular formula is C22H23BrN2O3. The number of rotatable bonds is 5. The molecule has 146 valence electrons. The molecular weight excluding hydrogens is 420 g/mol. The second-order valence-electron chi connectivity index (χ2n) is 7.13. The Morgan fingerprint density at radius 2 is 2.00 bits per heavy atom. The fourth-order valence-corrected chi connectivity index (χ4v) is 4.07. The van der Waals surface area contributed by atoms with Gasteiger partial charge >= 0.3 is 0 Å². The second kappa shape index (κ2) is 8.37. The molecule has 0 radical (unpaired) electrons. The highest BCUT2D eigenvalue weighted by Crippen LogP contribution is 2.24. The lowest BCUT2D eigenvalue weighted by molar-refractivity contribution is 0.0883. The zero-order chi connectivity index (χ0) is 19.5. The number of fused-ring (bicyclic) bond motifs is 1. The van der Waals surface area contributed by atoms with Crippen LogP contribution in [0.5, 0.6) is 5.75 Å². The summed E-state index contributed by atoms with van der Waals surface area (Å²) >= 11 is 3.44. The van der Waals surface area contributed by atoms with Crippen LogP contribution in [0.15, 0.2) is 57.4 Å². The van der Waals surface area contributed by atoms with Crippen LogP contribution in [0.25, 0.3) is 11.0 Å². The number of carbonyl (C=O) groups excluding carboxylic acids is 1. The molecule has 1 fully saturated rings. The number of benzene rings is 2. The van der Waals surface area contributed by atoms with E-state index in [1.54, 1.807) is 13.2 Å². The molecule has 1 aliphatic heterocycles. The summed E-state index contributed by atoms with van der Waals surface area (Å²) in [6, 6.07) is 15.8. The number of likely N-dealkylation sites (tertiary alicyclic amines) is 1. The van der Waals surface area contributed by atoms with E-state index in [1.807, 2.05) is 36.4 Å². The quantitative estimate of drug-likeness (QED) is 0.627. The van der Waals surface area contributed by atoms with Gasteiger partial charge in [-0.15, -0.1) is 0 Å². The third kappa shape index (κ3) is 4.23. The van der Waals surface area contributed by atoms with Crippen molar-refractivity contribution in [2.75, 3.05) is 20.2 Å². The van der Waals surface area contributed by atoms with E-state index in [0.29, 0.717) is 5.76 Å². The molecule has 28 heavy (non-hydrogen) atoms. The van der Waals surface area contributed by atoms with E-state index in [9.17, 15) is 4.79 Å². The predicted molar refractivity (Wildman–Crippen MR) is 113 cm³/mol. The molecule has 0 spiro atoms. The van der Waals surface area contributed by atoms with Crippen LogP contribution in [0.3, 0.4) is 0 Å². The number of hydrogen-bond donors (Lipinski definition) is 1. The lowest BCUT2D eigenvalue weighted by Gasteiger charge is -2.32. The molecule has 1 saturated heterocycles. The summed E-state index contributed by atoms with van der Waals surface area (Å²) in [5.74, 6) is 1.15. The first-order valence-electron chi connectivity index (χ1n) is 9.46. The van der Waals surface area contributed by atoms with Crippen molar-refractivity contribution in [2.24, 2.45) is 0 Å². The van der Waals surface area contributed by atoms with Crippen LogP contribution in [0.2, 0.25) is 0 Å². The molecule has 0 bridgehead atoms. The molecule has 2 aromatic carbocycles. The Hall–Kier alpha value is -2.31. The number of methoxy groups -OCH3 is 1. The predicted octanol–water partition coefficient (Wildman–Crippen LogP) is 4.60. The SMILES string of the molecule is COc1ccccc1CN1CCC(NC(=O)c2cc3cc(Br)ccc3o2)CC1. The Balaban J connectivity index is 1.33. The molecule has 1 aliphatic rings. The van der Waals surface area contributed by atoms with E-state index in [4.69, 9.17) is 9.15 Å². The van der Waals surface area contributed by atoms with E-state index in [0.717, 1.165) is 53.7 Å². The summed E-state index contributed by atoms with van der Waals surface area (Å²) in [7, 11) is 1.71. The highest BCUT2D eigenvalue weighted by molar-refractivity contribution is 9.10. The molecule has 4 rings (SSSR count). The monoisotopic (exact) mass is 442 g/mol. The number of nitrogens with zero attached hydrogens (tertiary/aromatic N) is 1. The molecule has 3 aromatic rings. The Morgan fingerprint density at radius 1 is 1.21 bits per heavy atom. The Morgan fingerprint density at radius 3 is 2.79 bits per heavy atom. The smallest absolute Gasteiger partial charge is 0.287 e. The van der Waals surface area contributed by atoms with Gasteiger partial charge in [-0.3, -0.25) is 9.69 Å². The summed E-state index contributed by atoms with van der Waals surface area (Å²) in [6.07, 6.45) is 1.85. The molecule has 1 N–H and O–H groups in total. The third-order valence-electron chi connectivity index (χ3n) is 5.21. The van der Waals surface area contributed by atoms with Crippen LogP contribution < -0.4 is 10.1 Å². The topological polar surface area (TPSA) is 54.7 Å². The van der Waals surface area contributed by atoms with Crippen molar-refractivity contribution in [3.63, 3.8) is 0 Å². The van der Waals surface area contributed by atoms with E-state index < -0.39 is 0 Å². The van der Waals surface area contributed by atoms with Crippen LogP contribution in [0.4, 0.5) is 0 Å². The minimum Gasteiger partial charge on any atom is -0.496 e. The number of nitrogens with one attached hydrogen (secondary N) is 1. The number of halogens is 1. The Bertz CT molecular complexity index is 977. The van der Waals surface area contributed by atoms with Gasteiger partial charge in [-0.05, 0) is 43.2 Å². The molecule has 0 aliphatic carbocycles. The Labute approximate surface area is 172 Å². The average molecular weight is 443 g/mol. The first-order valence-corrected chi connectivity index (χ1v) is 10.3. The summed E-state index contributed by atoms with van der Waals surface area (Å²) in [4.78, 5) is 15.0. The van der Waals surface area contributed by atoms with Gasteiger partial charge in [-0.25, -0.2) is 0 Å². The molecule has 2 heterocycles. The number of para-hydroxylation sites is 1. The van der Waals surface area contributed by atoms with Crippen molar-refractivity contribution in [1.29, 1.82) is 0 Å². The summed E-state index contributed by atoms with van der Waals surface area (Å²) in [5, 5.41) is 4.04. The van der Waals surface area contributed by atoms with Crippen LogP contribution in [-0.2, 0) is 6.54 Å². The van der Waals surface area contributed by atoms with Crippen molar-refractivity contribution in [2.45, 2.75) is 25.4 Å². The van der Waals surface area contributed by atoms with E-state index >= 15 is 0 Å². The Kier molecular flexibility index (Phi) is 5.69. The van der Waals surface area contributed by atoms with Gasteiger partial charge < -0.3 is 14.5 Å². The minimum atomic E-state index is -0.143. The van der Waals surface area contributed by atoms with Gasteiger partial charge in [-0.1, -0.05) is 34.1 Å². The van der Waals surface area contributed by atoms with Gasteiger partial charge in [0.15, 0.2) is 5.76 Å². The lowest BCUT2D eigenvalue weighted by Crippen LogP contribution is -2.44. The normalized spacial score (nSPS) is 15.6. The van der Waals surface area contributed by atoms with Gasteiger partial charge in [0.1, 0.15) is 11.3 Å². The van der Waals surface area contributed by atoms with Gasteiger partial charge in [0, 0.05) is 41.1 Å². The number of carbonyl (C=O) groups is 1. The van der Waals surface area contributed by atoms with Crippen LogP contribution >= 0.6 is 15.9 Å². The number of ether oxygens (including phenoxy) is 1. The maximum atomic E-state index is 12.6. The molecule has 1 aromatic heterocycles. The van der Waals surface area contributed by atoms with Crippen molar-refractivity contribution in [3.8, 4) is 5.75 Å². The van der Waals surface area contributed by atoms with Crippen LogP contribution in [-0.4, -0.2) is 37.0 Å². The summed E-state index contributed by atoms with van der Waals surface area (Å²) in [6.45, 7) is 2.75. The lowest BCUT2D eigenvalue weighted by atomic mass is 10.0. The fourth-order valence-electron chi connectivity index (χ4n) is 3.69. The highest BCUT2D eigenvalue weighted by Gasteiger charge is 2.23. The van der Waals surface area contributed by atoms with E-state index in [2.05, 4.69) is 32.2 Å². The van der Waals surface area contributed by atoms with Crippen molar-refractivity contribution < 1.29 is 13.9 Å². The summed E-state index contributed by atoms with van der Waals surface area (Å²) in [5.41, 5.74) is 1.92. The zero-order valence-electron chi connectivity index (χ0n) is 15.8. The van der Waals surface area contributed by atoms with Gasteiger partial charge in [0.25, 0.3) is 5.91 Å². The van der Waals surface area contributed by atoms with Crippen molar-refractivity contribution in [1.82, 2.24) is 10.2 Å². The van der Waals surface area contributed by atoms with Crippen LogP contribution in [0.1, 0.15) is 29.0 Å². The standard InChI is InChI=1S/C22H23BrN2O3/c1-27-19-5-3-2-4-15(19)14-25-10-8-18(9-11-25)24-22(26)21-13-16-12-17(23)6-7-20(16)28-21/h2-7,12-13,18H,8-11,14H2,1H3,(H,24,26). The first kappa shape index (κ1) is 19.0. The number of furan rings is 1. The molecule has 0 saturated carbocycles. The van der Waals surface area contributed by atoms with E-state index in [1.165, 1.54) is 5.56 Å². The van der Waals surface area contributed by atoms with Gasteiger partial charge in [0.05, 0.1) is 7.11 Å². The largest absolute Gasteiger partial charge is 0.496 e. The highest BCUT2D eigenvalue weighted by atomic mass is 79.9. The average Bonchev–Trinajstić information content (AvgIpc) is 3.13.